The van der Waals surface area contributed by atoms with Crippen molar-refractivity contribution in [1.82, 2.24) is 14.8 Å². The smallest absolute Gasteiger partial charge is 0.335 e. The number of rotatable bonds is 9. The summed E-state index contributed by atoms with van der Waals surface area (Å²) < 4.78 is 13.0. The maximum atomic E-state index is 12.3. The fraction of sp³-hybridized carbons (Fsp3) is 0.238. The molecule has 0 aliphatic carbocycles. The molecule has 9 nitrogen and oxygen atoms in total. The molecule has 2 N–H and O–H groups in total. The third-order valence-corrected chi connectivity index (χ3v) is 5.35. The molecule has 1 aromatic heterocycles. The Kier molecular flexibility index (Phi) is 7.14. The highest BCUT2D eigenvalue weighted by Crippen LogP contribution is 2.30. The molecule has 0 radical (unpaired) electrons. The summed E-state index contributed by atoms with van der Waals surface area (Å²) in [7, 11) is 3.38. The van der Waals surface area contributed by atoms with Gasteiger partial charge in [0.05, 0.1) is 18.4 Å². The van der Waals surface area contributed by atoms with Gasteiger partial charge in [-0.2, -0.15) is 0 Å². The fourth-order valence-electron chi connectivity index (χ4n) is 2.82. The zero-order valence-corrected chi connectivity index (χ0v) is 18.0. The molecule has 3 rings (SSSR count). The van der Waals surface area contributed by atoms with Crippen LogP contribution in [0.4, 0.5) is 5.69 Å². The van der Waals surface area contributed by atoms with E-state index in [1.165, 1.54) is 23.9 Å². The highest BCUT2D eigenvalue weighted by molar-refractivity contribution is 7.99. The van der Waals surface area contributed by atoms with E-state index in [-0.39, 0.29) is 17.2 Å². The first kappa shape index (κ1) is 22.2. The zero-order valence-electron chi connectivity index (χ0n) is 17.2. The summed E-state index contributed by atoms with van der Waals surface area (Å²) in [5, 5.41) is 20.6. The molecule has 0 aliphatic rings. The van der Waals surface area contributed by atoms with Crippen molar-refractivity contribution in [1.29, 1.82) is 0 Å². The van der Waals surface area contributed by atoms with E-state index in [2.05, 4.69) is 15.5 Å². The van der Waals surface area contributed by atoms with E-state index in [0.717, 1.165) is 0 Å². The quantitative estimate of drug-likeness (QED) is 0.485. The summed E-state index contributed by atoms with van der Waals surface area (Å²) in [5.41, 5.74) is 0.524. The maximum Gasteiger partial charge on any atom is 0.335 e. The van der Waals surface area contributed by atoms with Gasteiger partial charge in [-0.3, -0.25) is 4.79 Å². The first-order valence-corrected chi connectivity index (χ1v) is 10.3. The van der Waals surface area contributed by atoms with Crippen LogP contribution in [0.2, 0.25) is 0 Å². The van der Waals surface area contributed by atoms with E-state index in [4.69, 9.17) is 14.6 Å². The van der Waals surface area contributed by atoms with Crippen molar-refractivity contribution in [2.45, 2.75) is 18.2 Å². The van der Waals surface area contributed by atoms with Crippen molar-refractivity contribution in [2.75, 3.05) is 18.2 Å². The number of methoxy groups -OCH3 is 1. The molecule has 0 spiro atoms. The Morgan fingerprint density at radius 2 is 1.90 bits per heavy atom. The highest BCUT2D eigenvalue weighted by Gasteiger charge is 2.19. The number of carboxylic acids is 1. The molecule has 10 heteroatoms. The number of thioether (sulfide) groups is 1. The highest BCUT2D eigenvalue weighted by atomic mass is 32.2. The minimum Gasteiger partial charge on any atom is -0.493 e. The lowest BCUT2D eigenvalue weighted by Crippen LogP contribution is -2.15. The van der Waals surface area contributed by atoms with Crippen LogP contribution in [0.25, 0.3) is 0 Å². The van der Waals surface area contributed by atoms with E-state index in [1.807, 2.05) is 31.2 Å². The van der Waals surface area contributed by atoms with Gasteiger partial charge < -0.3 is 24.5 Å². The Balaban J connectivity index is 1.60. The van der Waals surface area contributed by atoms with Gasteiger partial charge in [-0.15, -0.1) is 10.2 Å². The predicted octanol–water partition coefficient (Wildman–Crippen LogP) is 3.39. The molecule has 0 fully saturated rings. The molecule has 1 heterocycles. The Labute approximate surface area is 183 Å². The average Bonchev–Trinajstić information content (AvgIpc) is 3.13. The van der Waals surface area contributed by atoms with Gasteiger partial charge in [-0.05, 0) is 37.3 Å². The lowest BCUT2D eigenvalue weighted by Gasteiger charge is -2.16. The number of para-hydroxylation sites is 2. The third kappa shape index (κ3) is 5.54. The SMILES string of the molecule is COc1ccccc1OC(C)c1nnc(SCC(=O)Nc2cccc(C(=O)O)c2)n1C. The Morgan fingerprint density at radius 3 is 2.61 bits per heavy atom. The largest absolute Gasteiger partial charge is 0.493 e. The number of aromatic nitrogens is 3. The number of carbonyl (C=O) groups excluding carboxylic acids is 1. The molecule has 1 atom stereocenters. The van der Waals surface area contributed by atoms with Gasteiger partial charge in [0.1, 0.15) is 0 Å². The van der Waals surface area contributed by atoms with Crippen molar-refractivity contribution < 1.29 is 24.2 Å². The Hall–Kier alpha value is -3.53. The molecule has 3 aromatic rings. The number of nitrogens with zero attached hydrogens (tertiary/aromatic N) is 3. The van der Waals surface area contributed by atoms with Crippen LogP contribution in [0, 0.1) is 0 Å². The van der Waals surface area contributed by atoms with Gasteiger partial charge in [0, 0.05) is 12.7 Å². The topological polar surface area (TPSA) is 116 Å². The van der Waals surface area contributed by atoms with Gasteiger partial charge in [-0.25, -0.2) is 4.79 Å². The monoisotopic (exact) mass is 442 g/mol. The second-order valence-corrected chi connectivity index (χ2v) is 7.48. The van der Waals surface area contributed by atoms with Crippen LogP contribution in [0.1, 0.15) is 29.2 Å². The molecule has 0 aliphatic heterocycles. The maximum absolute atomic E-state index is 12.3. The number of ether oxygens (including phenoxy) is 2. The molecule has 31 heavy (non-hydrogen) atoms. The van der Waals surface area contributed by atoms with Crippen molar-refractivity contribution in [3.8, 4) is 11.5 Å². The second kappa shape index (κ2) is 9.98. The molecule has 0 saturated heterocycles. The normalized spacial score (nSPS) is 11.6. The van der Waals surface area contributed by atoms with Crippen LogP contribution < -0.4 is 14.8 Å². The van der Waals surface area contributed by atoms with E-state index < -0.39 is 12.1 Å². The number of aromatic carboxylic acids is 1. The van der Waals surface area contributed by atoms with E-state index >= 15 is 0 Å². The summed E-state index contributed by atoms with van der Waals surface area (Å²) in [6.07, 6.45) is -0.393. The fourth-order valence-corrected chi connectivity index (χ4v) is 3.54. The number of carboxylic acid groups (broad SMARTS) is 1. The Morgan fingerprint density at radius 1 is 1.16 bits per heavy atom. The number of carbonyl (C=O) groups is 2. The summed E-state index contributed by atoms with van der Waals surface area (Å²) in [5.74, 6) is 0.567. The lowest BCUT2D eigenvalue weighted by atomic mass is 10.2. The number of hydrogen-bond donors (Lipinski definition) is 2. The average molecular weight is 442 g/mol. The Bertz CT molecular complexity index is 1090. The van der Waals surface area contributed by atoms with Crippen LogP contribution in [0.5, 0.6) is 11.5 Å². The number of benzene rings is 2. The van der Waals surface area contributed by atoms with E-state index in [0.29, 0.717) is 28.2 Å². The minimum atomic E-state index is -1.05. The molecule has 1 amide bonds. The number of hydrogen-bond acceptors (Lipinski definition) is 7. The van der Waals surface area contributed by atoms with E-state index in [9.17, 15) is 9.59 Å². The predicted molar refractivity (Wildman–Crippen MR) is 116 cm³/mol. The van der Waals surface area contributed by atoms with Gasteiger partial charge >= 0.3 is 5.97 Å². The first-order chi connectivity index (χ1) is 14.9. The molecule has 1 unspecified atom stereocenters. The minimum absolute atomic E-state index is 0.0883. The number of nitrogens with one attached hydrogen (secondary N) is 1. The molecule has 0 saturated carbocycles. The van der Waals surface area contributed by atoms with Crippen LogP contribution in [-0.4, -0.2) is 44.6 Å². The standard InChI is InChI=1S/C21H22N4O5S/c1-13(30-17-10-5-4-9-16(17)29-3)19-23-24-21(25(19)2)31-12-18(26)22-15-8-6-7-14(11-15)20(27)28/h4-11,13H,12H2,1-3H3,(H,22,26)(H,27,28). The van der Waals surface area contributed by atoms with Crippen LogP contribution in [0.3, 0.4) is 0 Å². The third-order valence-electron chi connectivity index (χ3n) is 4.33. The summed E-state index contributed by atoms with van der Waals surface area (Å²) in [6, 6.07) is 13.4. The van der Waals surface area contributed by atoms with Crippen molar-refractivity contribution in [2.24, 2.45) is 7.05 Å². The van der Waals surface area contributed by atoms with Gasteiger partial charge in [0.15, 0.2) is 28.6 Å². The zero-order chi connectivity index (χ0) is 22.4. The van der Waals surface area contributed by atoms with Gasteiger partial charge in [-0.1, -0.05) is 30.0 Å². The molecule has 162 valence electrons. The second-order valence-electron chi connectivity index (χ2n) is 6.53. The first-order valence-electron chi connectivity index (χ1n) is 9.34. The molecule has 2 aromatic carbocycles. The van der Waals surface area contributed by atoms with Crippen molar-refractivity contribution in [3.05, 3.63) is 59.9 Å². The lowest BCUT2D eigenvalue weighted by molar-refractivity contribution is -0.113. The number of amides is 1. The summed E-state index contributed by atoms with van der Waals surface area (Å²) in [4.78, 5) is 23.3. The van der Waals surface area contributed by atoms with Gasteiger partial charge in [0.25, 0.3) is 0 Å². The van der Waals surface area contributed by atoms with Crippen molar-refractivity contribution >= 4 is 29.3 Å². The van der Waals surface area contributed by atoms with Crippen LogP contribution >= 0.6 is 11.8 Å². The van der Waals surface area contributed by atoms with Crippen LogP contribution in [-0.2, 0) is 11.8 Å². The van der Waals surface area contributed by atoms with Crippen molar-refractivity contribution in [3.63, 3.8) is 0 Å². The van der Waals surface area contributed by atoms with E-state index in [1.54, 1.807) is 30.9 Å². The molecular weight excluding hydrogens is 420 g/mol. The molecular formula is C21H22N4O5S. The van der Waals surface area contributed by atoms with Crippen LogP contribution in [0.15, 0.2) is 53.7 Å². The van der Waals surface area contributed by atoms with Gasteiger partial charge in [0.2, 0.25) is 5.91 Å². The summed E-state index contributed by atoms with van der Waals surface area (Å²) in [6.45, 7) is 1.85. The molecule has 0 bridgehead atoms. The number of anilines is 1. The summed E-state index contributed by atoms with van der Waals surface area (Å²) >= 11 is 1.22.